The van der Waals surface area contributed by atoms with E-state index in [1.807, 2.05) is 20.8 Å². The summed E-state index contributed by atoms with van der Waals surface area (Å²) < 4.78 is 5.10. The molecular formula is C11H18N2O. The second kappa shape index (κ2) is 4.96. The molecule has 1 aromatic rings. The predicted molar refractivity (Wildman–Crippen MR) is 58.3 cm³/mol. The molecule has 3 heteroatoms. The third kappa shape index (κ3) is 2.23. The van der Waals surface area contributed by atoms with Crippen LogP contribution in [0.2, 0.25) is 0 Å². The molecule has 0 aromatic carbocycles. The highest BCUT2D eigenvalue weighted by Gasteiger charge is 2.22. The minimum Gasteiger partial charge on any atom is -0.383 e. The minimum absolute atomic E-state index is 0.470. The third-order valence-electron chi connectivity index (χ3n) is 2.16. The maximum atomic E-state index is 5.73. The van der Waals surface area contributed by atoms with Crippen molar-refractivity contribution in [3.8, 4) is 0 Å². The summed E-state index contributed by atoms with van der Waals surface area (Å²) in [4.78, 5) is 4.10. The van der Waals surface area contributed by atoms with Gasteiger partial charge in [0.25, 0.3) is 0 Å². The maximum absolute atomic E-state index is 5.73. The molecule has 0 radical (unpaired) electrons. The molecule has 0 spiro atoms. The highest BCUT2D eigenvalue weighted by atomic mass is 16.5. The Hall–Kier alpha value is -1.09. The molecule has 2 rings (SSSR count). The van der Waals surface area contributed by atoms with E-state index in [2.05, 4.69) is 11.1 Å². The zero-order valence-electron chi connectivity index (χ0n) is 9.08. The number of anilines is 1. The molecular weight excluding hydrogens is 176 g/mol. The Morgan fingerprint density at radius 3 is 2.57 bits per heavy atom. The van der Waals surface area contributed by atoms with Crippen molar-refractivity contribution < 1.29 is 4.74 Å². The average molecular weight is 194 g/mol. The van der Waals surface area contributed by atoms with E-state index in [0.717, 1.165) is 24.3 Å². The van der Waals surface area contributed by atoms with Gasteiger partial charge in [-0.2, -0.15) is 0 Å². The van der Waals surface area contributed by atoms with Gasteiger partial charge in [0.05, 0.1) is 13.2 Å². The van der Waals surface area contributed by atoms with E-state index in [4.69, 9.17) is 10.5 Å². The second-order valence-corrected chi connectivity index (χ2v) is 3.22. The van der Waals surface area contributed by atoms with Gasteiger partial charge < -0.3 is 10.5 Å². The van der Waals surface area contributed by atoms with Gasteiger partial charge in [-0.05, 0) is 12.5 Å². The molecule has 2 N–H and O–H groups in total. The Labute approximate surface area is 85.3 Å². The molecule has 0 amide bonds. The van der Waals surface area contributed by atoms with Crippen LogP contribution in [0, 0.1) is 6.92 Å². The molecule has 78 valence electrons. The number of hydrogen-bond donors (Lipinski definition) is 1. The first-order chi connectivity index (χ1) is 6.77. The molecule has 1 aliphatic heterocycles. The van der Waals surface area contributed by atoms with Crippen LogP contribution in [-0.4, -0.2) is 18.2 Å². The monoisotopic (exact) mass is 194 g/mol. The van der Waals surface area contributed by atoms with Crippen molar-refractivity contribution in [3.05, 3.63) is 23.4 Å². The fourth-order valence-electron chi connectivity index (χ4n) is 1.34. The Balaban J connectivity index is 0.000000461. The lowest BCUT2D eigenvalue weighted by atomic mass is 9.97. The molecule has 2 heterocycles. The van der Waals surface area contributed by atoms with Gasteiger partial charge in [-0.3, -0.25) is 0 Å². The predicted octanol–water partition coefficient (Wildman–Crippen LogP) is 2.11. The van der Waals surface area contributed by atoms with Gasteiger partial charge in [0.2, 0.25) is 0 Å². The van der Waals surface area contributed by atoms with Crippen LogP contribution in [-0.2, 0) is 4.74 Å². The Morgan fingerprint density at radius 2 is 2.07 bits per heavy atom. The van der Waals surface area contributed by atoms with Crippen molar-refractivity contribution in [2.75, 3.05) is 18.9 Å². The molecule has 3 nitrogen and oxygen atoms in total. The summed E-state index contributed by atoms with van der Waals surface area (Å²) in [6.45, 7) is 7.60. The number of nitrogen functional groups attached to an aromatic ring is 1. The molecule has 1 fully saturated rings. The number of ether oxygens (including phenoxy) is 1. The number of nitrogens with two attached hydrogens (primary N) is 1. The molecule has 1 aromatic heterocycles. The summed E-state index contributed by atoms with van der Waals surface area (Å²) in [7, 11) is 0. The van der Waals surface area contributed by atoms with Gasteiger partial charge in [0.1, 0.15) is 5.82 Å². The number of aryl methyl sites for hydroxylation is 1. The summed E-state index contributed by atoms with van der Waals surface area (Å²) in [5, 5.41) is 0. The number of nitrogens with zero attached hydrogens (tertiary/aromatic N) is 1. The molecule has 0 aliphatic carbocycles. The number of pyridine rings is 1. The molecule has 1 aliphatic rings. The van der Waals surface area contributed by atoms with Crippen molar-refractivity contribution in [2.24, 2.45) is 0 Å². The van der Waals surface area contributed by atoms with Crippen LogP contribution in [0.15, 0.2) is 12.3 Å². The van der Waals surface area contributed by atoms with Crippen molar-refractivity contribution in [1.82, 2.24) is 4.98 Å². The van der Waals surface area contributed by atoms with Crippen LogP contribution in [0.1, 0.15) is 30.9 Å². The fraction of sp³-hybridized carbons (Fsp3) is 0.545. The quantitative estimate of drug-likeness (QED) is 0.744. The van der Waals surface area contributed by atoms with Crippen molar-refractivity contribution in [3.63, 3.8) is 0 Å². The van der Waals surface area contributed by atoms with E-state index in [-0.39, 0.29) is 0 Å². The van der Waals surface area contributed by atoms with E-state index >= 15 is 0 Å². The summed E-state index contributed by atoms with van der Waals surface area (Å²) in [6.07, 6.45) is 1.79. The van der Waals surface area contributed by atoms with Gasteiger partial charge in [-0.1, -0.05) is 19.9 Å². The topological polar surface area (TPSA) is 48.1 Å². The van der Waals surface area contributed by atoms with Crippen LogP contribution in [0.5, 0.6) is 0 Å². The highest BCUT2D eigenvalue weighted by Crippen LogP contribution is 2.27. The van der Waals surface area contributed by atoms with Crippen LogP contribution >= 0.6 is 0 Å². The number of aromatic nitrogens is 1. The Morgan fingerprint density at radius 1 is 1.43 bits per heavy atom. The van der Waals surface area contributed by atoms with Crippen molar-refractivity contribution >= 4 is 5.82 Å². The summed E-state index contributed by atoms with van der Waals surface area (Å²) in [5.74, 6) is 1.12. The van der Waals surface area contributed by atoms with Gasteiger partial charge >= 0.3 is 0 Å². The zero-order chi connectivity index (χ0) is 10.6. The summed E-state index contributed by atoms with van der Waals surface area (Å²) >= 11 is 0. The van der Waals surface area contributed by atoms with Gasteiger partial charge in [0, 0.05) is 17.7 Å². The smallest absolute Gasteiger partial charge is 0.126 e. The molecule has 0 saturated carbocycles. The van der Waals surface area contributed by atoms with E-state index in [1.165, 1.54) is 0 Å². The van der Waals surface area contributed by atoms with E-state index in [1.54, 1.807) is 6.20 Å². The van der Waals surface area contributed by atoms with Crippen LogP contribution in [0.3, 0.4) is 0 Å². The number of hydrogen-bond acceptors (Lipinski definition) is 3. The molecule has 1 saturated heterocycles. The van der Waals surface area contributed by atoms with Crippen LogP contribution in [0.25, 0.3) is 0 Å². The first kappa shape index (κ1) is 11.0. The van der Waals surface area contributed by atoms with E-state index < -0.39 is 0 Å². The maximum Gasteiger partial charge on any atom is 0.126 e. The lowest BCUT2D eigenvalue weighted by Crippen LogP contribution is -2.26. The normalized spacial score (nSPS) is 15.4. The molecule has 0 atom stereocenters. The minimum atomic E-state index is 0.470. The van der Waals surface area contributed by atoms with Crippen LogP contribution in [0.4, 0.5) is 5.82 Å². The molecule has 0 bridgehead atoms. The first-order valence-corrected chi connectivity index (χ1v) is 5.07. The lowest BCUT2D eigenvalue weighted by Gasteiger charge is -2.27. The number of rotatable bonds is 1. The van der Waals surface area contributed by atoms with Gasteiger partial charge in [-0.15, -0.1) is 0 Å². The third-order valence-corrected chi connectivity index (χ3v) is 2.16. The lowest BCUT2D eigenvalue weighted by molar-refractivity contribution is 0.00858. The highest BCUT2D eigenvalue weighted by molar-refractivity contribution is 5.43. The van der Waals surface area contributed by atoms with Gasteiger partial charge in [0.15, 0.2) is 0 Å². The summed E-state index contributed by atoms with van der Waals surface area (Å²) in [5.41, 5.74) is 8.03. The van der Waals surface area contributed by atoms with Gasteiger partial charge in [-0.25, -0.2) is 4.98 Å². The second-order valence-electron chi connectivity index (χ2n) is 3.22. The Kier molecular flexibility index (Phi) is 3.89. The summed E-state index contributed by atoms with van der Waals surface area (Å²) in [6, 6.07) is 2.09. The van der Waals surface area contributed by atoms with Crippen molar-refractivity contribution in [1.29, 1.82) is 0 Å². The van der Waals surface area contributed by atoms with E-state index in [9.17, 15) is 0 Å². The average Bonchev–Trinajstić information content (AvgIpc) is 2.12. The zero-order valence-corrected chi connectivity index (χ0v) is 9.08. The SMILES string of the molecule is CC.Cc1cnc(N)c(C2COC2)c1. The first-order valence-electron chi connectivity index (χ1n) is 5.07. The largest absolute Gasteiger partial charge is 0.383 e. The standard InChI is InChI=1S/C9H12N2O.C2H6/c1-6-2-8(7-4-12-5-7)9(10)11-3-6;1-2/h2-3,7H,4-5H2,1H3,(H2,10,11);1-2H3. The fourth-order valence-corrected chi connectivity index (χ4v) is 1.34. The van der Waals surface area contributed by atoms with E-state index in [0.29, 0.717) is 11.7 Å². The Bertz CT molecular complexity index is 295. The van der Waals surface area contributed by atoms with Crippen molar-refractivity contribution in [2.45, 2.75) is 26.7 Å². The molecule has 14 heavy (non-hydrogen) atoms. The van der Waals surface area contributed by atoms with Crippen LogP contribution < -0.4 is 5.73 Å². The molecule has 0 unspecified atom stereocenters.